The number of aryl methyl sites for hydroxylation is 1. The molecular formula is C16H18ClFN4O2. The second-order valence-corrected chi connectivity index (χ2v) is 5.94. The Balaban J connectivity index is 1.77. The van der Waals surface area contributed by atoms with Crippen molar-refractivity contribution in [2.75, 3.05) is 43.1 Å². The summed E-state index contributed by atoms with van der Waals surface area (Å²) in [5, 5.41) is 4.21. The van der Waals surface area contributed by atoms with Crippen molar-refractivity contribution < 1.29 is 9.13 Å². The van der Waals surface area contributed by atoms with Crippen LogP contribution in [0.25, 0.3) is 0 Å². The molecule has 128 valence electrons. The van der Waals surface area contributed by atoms with Gasteiger partial charge in [-0.2, -0.15) is 5.10 Å². The van der Waals surface area contributed by atoms with Gasteiger partial charge in [0.25, 0.3) is 5.56 Å². The van der Waals surface area contributed by atoms with Crippen molar-refractivity contribution in [2.45, 2.75) is 0 Å². The maximum Gasteiger partial charge on any atom is 0.287 e. The average molecular weight is 353 g/mol. The predicted molar refractivity (Wildman–Crippen MR) is 91.9 cm³/mol. The Morgan fingerprint density at radius 1 is 1.17 bits per heavy atom. The third-order valence-electron chi connectivity index (χ3n) is 4.16. The van der Waals surface area contributed by atoms with Crippen molar-refractivity contribution in [3.05, 3.63) is 45.6 Å². The van der Waals surface area contributed by atoms with Crippen LogP contribution in [0.4, 0.5) is 15.8 Å². The summed E-state index contributed by atoms with van der Waals surface area (Å²) < 4.78 is 19.8. The Morgan fingerprint density at radius 2 is 1.79 bits per heavy atom. The Morgan fingerprint density at radius 3 is 2.42 bits per heavy atom. The number of benzene rings is 1. The first kappa shape index (κ1) is 16.6. The fourth-order valence-electron chi connectivity index (χ4n) is 2.82. The molecule has 2 aromatic rings. The smallest absolute Gasteiger partial charge is 0.287 e. The minimum atomic E-state index is -0.327. The Labute approximate surface area is 144 Å². The van der Waals surface area contributed by atoms with Crippen LogP contribution in [0.5, 0.6) is 5.75 Å². The van der Waals surface area contributed by atoms with Crippen LogP contribution in [0, 0.1) is 5.82 Å². The molecule has 0 unspecified atom stereocenters. The van der Waals surface area contributed by atoms with Crippen molar-refractivity contribution in [1.29, 1.82) is 0 Å². The zero-order valence-electron chi connectivity index (χ0n) is 13.5. The van der Waals surface area contributed by atoms with Crippen molar-refractivity contribution in [2.24, 2.45) is 7.05 Å². The number of anilines is 2. The van der Waals surface area contributed by atoms with Gasteiger partial charge in [0, 0.05) is 39.3 Å². The van der Waals surface area contributed by atoms with Gasteiger partial charge in [-0.3, -0.25) is 4.79 Å². The Bertz CT molecular complexity index is 803. The predicted octanol–water partition coefficient (Wildman–Crippen LogP) is 1.91. The first-order valence-electron chi connectivity index (χ1n) is 7.56. The molecule has 6 nitrogen and oxygen atoms in total. The van der Waals surface area contributed by atoms with E-state index in [-0.39, 0.29) is 16.4 Å². The third kappa shape index (κ3) is 3.03. The van der Waals surface area contributed by atoms with Crippen LogP contribution in [0.2, 0.25) is 5.02 Å². The number of rotatable bonds is 3. The molecule has 1 aliphatic heterocycles. The zero-order valence-corrected chi connectivity index (χ0v) is 14.3. The van der Waals surface area contributed by atoms with Gasteiger partial charge in [-0.1, -0.05) is 11.6 Å². The standard InChI is InChI=1S/C16H18ClFN4O2/c1-20-16(23)15(17)13(10-19-20)22-7-5-21(6-8-22)12-4-3-11(18)9-14(12)24-2/h3-4,9-10H,5-8H2,1-2H3. The maximum absolute atomic E-state index is 13.3. The van der Waals surface area contributed by atoms with Gasteiger partial charge in [0.1, 0.15) is 16.6 Å². The van der Waals surface area contributed by atoms with E-state index in [0.29, 0.717) is 37.6 Å². The number of nitrogens with zero attached hydrogens (tertiary/aromatic N) is 4. The highest BCUT2D eigenvalue weighted by molar-refractivity contribution is 6.33. The van der Waals surface area contributed by atoms with Gasteiger partial charge >= 0.3 is 0 Å². The fourth-order valence-corrected chi connectivity index (χ4v) is 3.11. The number of piperazine rings is 1. The van der Waals surface area contributed by atoms with Gasteiger partial charge in [0.05, 0.1) is 24.7 Å². The molecule has 1 saturated heterocycles. The van der Waals surface area contributed by atoms with Crippen LogP contribution in [0.15, 0.2) is 29.2 Å². The molecule has 1 aromatic carbocycles. The van der Waals surface area contributed by atoms with Gasteiger partial charge in [-0.25, -0.2) is 9.07 Å². The maximum atomic E-state index is 13.3. The molecule has 0 spiro atoms. The van der Waals surface area contributed by atoms with Gasteiger partial charge < -0.3 is 14.5 Å². The lowest BCUT2D eigenvalue weighted by Gasteiger charge is -2.37. The van der Waals surface area contributed by atoms with E-state index in [4.69, 9.17) is 16.3 Å². The van der Waals surface area contributed by atoms with Crippen LogP contribution in [-0.2, 0) is 7.05 Å². The van der Waals surface area contributed by atoms with Crippen LogP contribution in [0.1, 0.15) is 0 Å². The fraction of sp³-hybridized carbons (Fsp3) is 0.375. The monoisotopic (exact) mass is 352 g/mol. The number of halogens is 2. The molecule has 1 aromatic heterocycles. The lowest BCUT2D eigenvalue weighted by Crippen LogP contribution is -2.47. The van der Waals surface area contributed by atoms with E-state index < -0.39 is 0 Å². The summed E-state index contributed by atoms with van der Waals surface area (Å²) in [5.41, 5.74) is 1.19. The van der Waals surface area contributed by atoms with Crippen LogP contribution in [0.3, 0.4) is 0 Å². The highest BCUT2D eigenvalue weighted by Crippen LogP contribution is 2.31. The highest BCUT2D eigenvalue weighted by Gasteiger charge is 2.22. The molecule has 1 fully saturated rings. The molecule has 0 saturated carbocycles. The van der Waals surface area contributed by atoms with E-state index in [1.165, 1.54) is 23.9 Å². The number of hydrogen-bond donors (Lipinski definition) is 0. The molecule has 0 radical (unpaired) electrons. The molecule has 3 rings (SSSR count). The normalized spacial score (nSPS) is 14.8. The lowest BCUT2D eigenvalue weighted by molar-refractivity contribution is 0.410. The molecule has 1 aliphatic rings. The summed E-state index contributed by atoms with van der Waals surface area (Å²) >= 11 is 6.16. The number of methoxy groups -OCH3 is 1. The molecule has 0 amide bonds. The van der Waals surface area contributed by atoms with Crippen LogP contribution < -0.4 is 20.1 Å². The summed E-state index contributed by atoms with van der Waals surface area (Å²) in [4.78, 5) is 16.1. The Hall–Kier alpha value is -2.28. The molecule has 8 heteroatoms. The van der Waals surface area contributed by atoms with Crippen molar-refractivity contribution >= 4 is 23.0 Å². The molecule has 0 N–H and O–H groups in total. The highest BCUT2D eigenvalue weighted by atomic mass is 35.5. The Kier molecular flexibility index (Phi) is 4.62. The van der Waals surface area contributed by atoms with Crippen LogP contribution in [-0.4, -0.2) is 43.1 Å². The SMILES string of the molecule is COc1cc(F)ccc1N1CCN(c2cnn(C)c(=O)c2Cl)CC1. The van der Waals surface area contributed by atoms with E-state index in [1.54, 1.807) is 19.3 Å². The zero-order chi connectivity index (χ0) is 17.3. The van der Waals surface area contributed by atoms with Gasteiger partial charge in [0.15, 0.2) is 0 Å². The van der Waals surface area contributed by atoms with Crippen LogP contribution >= 0.6 is 11.6 Å². The van der Waals surface area contributed by atoms with Gasteiger partial charge in [0.2, 0.25) is 0 Å². The minimum Gasteiger partial charge on any atom is -0.494 e. The van der Waals surface area contributed by atoms with Crippen molar-refractivity contribution in [3.8, 4) is 5.75 Å². The largest absolute Gasteiger partial charge is 0.494 e. The summed E-state index contributed by atoms with van der Waals surface area (Å²) in [6.07, 6.45) is 1.61. The number of hydrogen-bond acceptors (Lipinski definition) is 5. The van der Waals surface area contributed by atoms with Crippen molar-refractivity contribution in [1.82, 2.24) is 9.78 Å². The van der Waals surface area contributed by atoms with E-state index in [0.717, 1.165) is 5.69 Å². The number of aromatic nitrogens is 2. The quantitative estimate of drug-likeness (QED) is 0.844. The van der Waals surface area contributed by atoms with Gasteiger partial charge in [-0.15, -0.1) is 0 Å². The first-order chi connectivity index (χ1) is 11.5. The second-order valence-electron chi connectivity index (χ2n) is 5.56. The summed E-state index contributed by atoms with van der Waals surface area (Å²) in [6.45, 7) is 2.76. The number of ether oxygens (including phenoxy) is 1. The minimum absolute atomic E-state index is 0.181. The molecule has 2 heterocycles. The van der Waals surface area contributed by atoms with Gasteiger partial charge in [-0.05, 0) is 12.1 Å². The third-order valence-corrected chi connectivity index (χ3v) is 4.52. The summed E-state index contributed by atoms with van der Waals surface area (Å²) in [7, 11) is 3.09. The molecule has 0 atom stereocenters. The molecular weight excluding hydrogens is 335 g/mol. The average Bonchev–Trinajstić information content (AvgIpc) is 2.60. The first-order valence-corrected chi connectivity index (χ1v) is 7.94. The summed E-state index contributed by atoms with van der Waals surface area (Å²) in [5.74, 6) is 0.184. The van der Waals surface area contributed by atoms with E-state index >= 15 is 0 Å². The summed E-state index contributed by atoms with van der Waals surface area (Å²) in [6, 6.07) is 4.52. The van der Waals surface area contributed by atoms with E-state index in [2.05, 4.69) is 10.00 Å². The molecule has 24 heavy (non-hydrogen) atoms. The molecule has 0 aliphatic carbocycles. The second kappa shape index (κ2) is 6.68. The van der Waals surface area contributed by atoms with E-state index in [1.807, 2.05) is 4.90 Å². The van der Waals surface area contributed by atoms with E-state index in [9.17, 15) is 9.18 Å². The van der Waals surface area contributed by atoms with Crippen molar-refractivity contribution in [3.63, 3.8) is 0 Å². The molecule has 0 bridgehead atoms. The lowest BCUT2D eigenvalue weighted by atomic mass is 10.2. The topological polar surface area (TPSA) is 50.6 Å².